The van der Waals surface area contributed by atoms with Crippen molar-refractivity contribution in [2.24, 2.45) is 0 Å². The van der Waals surface area contributed by atoms with E-state index in [2.05, 4.69) is 10.1 Å². The third kappa shape index (κ3) is 3.47. The Labute approximate surface area is 161 Å². The standard InChI is InChI=1S/C21H20FN3O3/c1-13(14-5-9-18(27-2)10-6-14)25-12-16(11-19(25)26)20-23-21(28-24-20)15-3-7-17(22)8-4-15/h3-10,13,16H,11-12H2,1-2H3. The summed E-state index contributed by atoms with van der Waals surface area (Å²) in [5.41, 5.74) is 1.68. The van der Waals surface area contributed by atoms with Crippen LogP contribution in [0.4, 0.5) is 4.39 Å². The van der Waals surface area contributed by atoms with Crippen molar-refractivity contribution in [3.8, 4) is 17.2 Å². The van der Waals surface area contributed by atoms with E-state index >= 15 is 0 Å². The monoisotopic (exact) mass is 381 g/mol. The van der Waals surface area contributed by atoms with Gasteiger partial charge in [0.1, 0.15) is 11.6 Å². The highest BCUT2D eigenvalue weighted by Crippen LogP contribution is 2.34. The number of amides is 1. The lowest BCUT2D eigenvalue weighted by molar-refractivity contribution is -0.129. The first-order chi connectivity index (χ1) is 13.5. The Morgan fingerprint density at radius 3 is 2.57 bits per heavy atom. The van der Waals surface area contributed by atoms with Crippen molar-refractivity contribution in [3.05, 3.63) is 65.7 Å². The van der Waals surface area contributed by atoms with Crippen molar-refractivity contribution in [1.82, 2.24) is 15.0 Å². The molecule has 2 atom stereocenters. The largest absolute Gasteiger partial charge is 0.497 e. The second-order valence-corrected chi connectivity index (χ2v) is 6.86. The zero-order valence-corrected chi connectivity index (χ0v) is 15.6. The summed E-state index contributed by atoms with van der Waals surface area (Å²) in [4.78, 5) is 18.8. The van der Waals surface area contributed by atoms with Crippen LogP contribution in [0.25, 0.3) is 11.5 Å². The topological polar surface area (TPSA) is 68.5 Å². The number of hydrogen-bond acceptors (Lipinski definition) is 5. The number of aromatic nitrogens is 2. The minimum atomic E-state index is -0.326. The molecule has 2 heterocycles. The molecule has 0 radical (unpaired) electrons. The van der Waals surface area contributed by atoms with Crippen molar-refractivity contribution in [2.45, 2.75) is 25.3 Å². The quantitative estimate of drug-likeness (QED) is 0.669. The maximum Gasteiger partial charge on any atom is 0.257 e. The van der Waals surface area contributed by atoms with Gasteiger partial charge in [-0.3, -0.25) is 4.79 Å². The lowest BCUT2D eigenvalue weighted by atomic mass is 10.1. The summed E-state index contributed by atoms with van der Waals surface area (Å²) in [5.74, 6) is 1.20. The SMILES string of the molecule is COc1ccc(C(C)N2CC(c3noc(-c4ccc(F)cc4)n3)CC2=O)cc1. The highest BCUT2D eigenvalue weighted by molar-refractivity contribution is 5.80. The van der Waals surface area contributed by atoms with E-state index in [1.54, 1.807) is 19.2 Å². The number of rotatable bonds is 5. The van der Waals surface area contributed by atoms with Crippen LogP contribution < -0.4 is 4.74 Å². The summed E-state index contributed by atoms with van der Waals surface area (Å²) < 4.78 is 23.6. The summed E-state index contributed by atoms with van der Waals surface area (Å²) in [6.07, 6.45) is 0.336. The van der Waals surface area contributed by atoms with Crippen LogP contribution in [0, 0.1) is 5.82 Å². The van der Waals surface area contributed by atoms with Gasteiger partial charge in [0, 0.05) is 24.4 Å². The third-order valence-corrected chi connectivity index (χ3v) is 5.12. The van der Waals surface area contributed by atoms with Gasteiger partial charge >= 0.3 is 0 Å². The number of hydrogen-bond donors (Lipinski definition) is 0. The van der Waals surface area contributed by atoms with E-state index < -0.39 is 0 Å². The normalized spacial score (nSPS) is 17.8. The zero-order chi connectivity index (χ0) is 19.7. The van der Waals surface area contributed by atoms with Gasteiger partial charge in [-0.2, -0.15) is 4.98 Å². The Kier molecular flexibility index (Phi) is 4.81. The molecule has 2 unspecified atom stereocenters. The van der Waals surface area contributed by atoms with E-state index in [9.17, 15) is 9.18 Å². The molecule has 0 bridgehead atoms. The van der Waals surface area contributed by atoms with Crippen LogP contribution in [0.5, 0.6) is 5.75 Å². The zero-order valence-electron chi connectivity index (χ0n) is 15.6. The van der Waals surface area contributed by atoms with Gasteiger partial charge in [-0.15, -0.1) is 0 Å². The average molecular weight is 381 g/mol. The Balaban J connectivity index is 1.49. The first kappa shape index (κ1) is 18.2. The molecule has 1 amide bonds. The van der Waals surface area contributed by atoms with Crippen molar-refractivity contribution >= 4 is 5.91 Å². The first-order valence-corrected chi connectivity index (χ1v) is 9.08. The Morgan fingerprint density at radius 1 is 1.18 bits per heavy atom. The van der Waals surface area contributed by atoms with Gasteiger partial charge in [0.05, 0.1) is 13.2 Å². The van der Waals surface area contributed by atoms with E-state index in [4.69, 9.17) is 9.26 Å². The molecule has 0 aliphatic carbocycles. The van der Waals surface area contributed by atoms with Gasteiger partial charge in [0.2, 0.25) is 5.91 Å². The molecule has 6 nitrogen and oxygen atoms in total. The Morgan fingerprint density at radius 2 is 1.89 bits per heavy atom. The smallest absolute Gasteiger partial charge is 0.257 e. The molecule has 1 aliphatic rings. The summed E-state index contributed by atoms with van der Waals surface area (Å²) in [7, 11) is 1.62. The number of halogens is 1. The molecule has 2 aromatic carbocycles. The predicted molar refractivity (Wildman–Crippen MR) is 100 cm³/mol. The summed E-state index contributed by atoms with van der Waals surface area (Å²) in [6, 6.07) is 13.5. The summed E-state index contributed by atoms with van der Waals surface area (Å²) in [5, 5.41) is 4.05. The molecular formula is C21H20FN3O3. The summed E-state index contributed by atoms with van der Waals surface area (Å²) >= 11 is 0. The second kappa shape index (κ2) is 7.42. The average Bonchev–Trinajstić information content (AvgIpc) is 3.35. The lowest BCUT2D eigenvalue weighted by Gasteiger charge is -2.25. The minimum absolute atomic E-state index is 0.0569. The molecule has 7 heteroatoms. The van der Waals surface area contributed by atoms with Gasteiger partial charge in [0.25, 0.3) is 5.89 Å². The van der Waals surface area contributed by atoms with E-state index in [1.165, 1.54) is 12.1 Å². The van der Waals surface area contributed by atoms with Gasteiger partial charge < -0.3 is 14.2 Å². The fourth-order valence-corrected chi connectivity index (χ4v) is 3.45. The van der Waals surface area contributed by atoms with E-state index in [0.717, 1.165) is 11.3 Å². The number of ether oxygens (including phenoxy) is 1. The molecule has 1 fully saturated rings. The van der Waals surface area contributed by atoms with Crippen LogP contribution in [0.2, 0.25) is 0 Å². The van der Waals surface area contributed by atoms with E-state index in [0.29, 0.717) is 30.2 Å². The molecule has 1 aromatic heterocycles. The predicted octanol–water partition coefficient (Wildman–Crippen LogP) is 3.96. The van der Waals surface area contributed by atoms with Gasteiger partial charge in [-0.1, -0.05) is 17.3 Å². The molecule has 3 aromatic rings. The van der Waals surface area contributed by atoms with Crippen LogP contribution in [-0.2, 0) is 4.79 Å². The molecule has 4 rings (SSSR count). The number of methoxy groups -OCH3 is 1. The maximum absolute atomic E-state index is 13.1. The van der Waals surface area contributed by atoms with Crippen molar-refractivity contribution < 1.29 is 18.4 Å². The van der Waals surface area contributed by atoms with Crippen molar-refractivity contribution in [3.63, 3.8) is 0 Å². The first-order valence-electron chi connectivity index (χ1n) is 9.08. The van der Waals surface area contributed by atoms with Gasteiger partial charge in [-0.05, 0) is 48.9 Å². The Bertz CT molecular complexity index is 969. The molecule has 1 aliphatic heterocycles. The van der Waals surface area contributed by atoms with Crippen LogP contribution in [0.3, 0.4) is 0 Å². The molecule has 0 saturated carbocycles. The molecule has 28 heavy (non-hydrogen) atoms. The number of carbonyl (C=O) groups excluding carboxylic acids is 1. The maximum atomic E-state index is 13.1. The molecule has 0 N–H and O–H groups in total. The molecule has 144 valence electrons. The Hall–Kier alpha value is -3.22. The van der Waals surface area contributed by atoms with Crippen LogP contribution in [-0.4, -0.2) is 34.6 Å². The lowest BCUT2D eigenvalue weighted by Crippen LogP contribution is -2.28. The van der Waals surface area contributed by atoms with E-state index in [-0.39, 0.29) is 23.7 Å². The minimum Gasteiger partial charge on any atom is -0.497 e. The van der Waals surface area contributed by atoms with Crippen LogP contribution in [0.15, 0.2) is 53.1 Å². The molecular weight excluding hydrogens is 361 g/mol. The van der Waals surface area contributed by atoms with Gasteiger partial charge in [-0.25, -0.2) is 4.39 Å². The summed E-state index contributed by atoms with van der Waals surface area (Å²) in [6.45, 7) is 2.52. The number of nitrogens with zero attached hydrogens (tertiary/aromatic N) is 3. The fraction of sp³-hybridized carbons (Fsp3) is 0.286. The number of benzene rings is 2. The molecule has 0 spiro atoms. The number of likely N-dealkylation sites (tertiary alicyclic amines) is 1. The third-order valence-electron chi connectivity index (χ3n) is 5.12. The van der Waals surface area contributed by atoms with E-state index in [1.807, 2.05) is 36.1 Å². The second-order valence-electron chi connectivity index (χ2n) is 6.86. The van der Waals surface area contributed by atoms with Gasteiger partial charge in [0.15, 0.2) is 5.82 Å². The number of carbonyl (C=O) groups is 1. The fourth-order valence-electron chi connectivity index (χ4n) is 3.45. The van der Waals surface area contributed by atoms with Crippen molar-refractivity contribution in [1.29, 1.82) is 0 Å². The van der Waals surface area contributed by atoms with Crippen LogP contribution >= 0.6 is 0 Å². The highest BCUT2D eigenvalue weighted by atomic mass is 19.1. The van der Waals surface area contributed by atoms with Crippen LogP contribution in [0.1, 0.15) is 36.7 Å². The highest BCUT2D eigenvalue weighted by Gasteiger charge is 2.36. The van der Waals surface area contributed by atoms with Crippen molar-refractivity contribution in [2.75, 3.05) is 13.7 Å². The molecule has 1 saturated heterocycles.